The van der Waals surface area contributed by atoms with Gasteiger partial charge in [0.15, 0.2) is 0 Å². The standard InChI is InChI=1S/C12H12F10O3/c1-4-6-8(14,10(17,18)24-7(3)13)25-12(21,22)9(15,16)11(19,20)23-5-2/h4H,1,3,5-6H2,2H3. The second-order valence-corrected chi connectivity index (χ2v) is 4.34. The van der Waals surface area contributed by atoms with Crippen LogP contribution in [-0.4, -0.2) is 36.7 Å². The van der Waals surface area contributed by atoms with Crippen molar-refractivity contribution in [1.82, 2.24) is 0 Å². The van der Waals surface area contributed by atoms with E-state index < -0.39 is 49.1 Å². The Hall–Kier alpha value is -1.50. The summed E-state index contributed by atoms with van der Waals surface area (Å²) >= 11 is 0. The second-order valence-electron chi connectivity index (χ2n) is 4.34. The van der Waals surface area contributed by atoms with Gasteiger partial charge in [-0.2, -0.15) is 39.5 Å². The van der Waals surface area contributed by atoms with Crippen LogP contribution in [-0.2, 0) is 14.2 Å². The first kappa shape index (κ1) is 23.5. The topological polar surface area (TPSA) is 27.7 Å². The summed E-state index contributed by atoms with van der Waals surface area (Å²) < 4.78 is 141. The van der Waals surface area contributed by atoms with Crippen molar-refractivity contribution < 1.29 is 58.1 Å². The van der Waals surface area contributed by atoms with E-state index in [2.05, 4.69) is 27.4 Å². The quantitative estimate of drug-likeness (QED) is 0.276. The van der Waals surface area contributed by atoms with Crippen LogP contribution in [0.25, 0.3) is 0 Å². The van der Waals surface area contributed by atoms with Gasteiger partial charge in [-0.1, -0.05) is 6.08 Å². The van der Waals surface area contributed by atoms with E-state index in [4.69, 9.17) is 0 Å². The van der Waals surface area contributed by atoms with Gasteiger partial charge in [0.25, 0.3) is 6.01 Å². The van der Waals surface area contributed by atoms with Crippen molar-refractivity contribution in [3.8, 4) is 0 Å². The minimum absolute atomic E-state index is 0.146. The summed E-state index contributed by atoms with van der Waals surface area (Å²) in [7, 11) is 0. The molecule has 0 heterocycles. The molecule has 0 aromatic heterocycles. The molecule has 0 N–H and O–H groups in total. The van der Waals surface area contributed by atoms with Gasteiger partial charge in [-0.05, 0) is 13.5 Å². The lowest BCUT2D eigenvalue weighted by molar-refractivity contribution is -0.502. The smallest absolute Gasteiger partial charge is 0.402 e. The molecule has 0 aliphatic rings. The molecule has 0 saturated carbocycles. The maximum absolute atomic E-state index is 14.1. The molecular formula is C12H12F10O3. The van der Waals surface area contributed by atoms with Crippen LogP contribution in [0.15, 0.2) is 25.2 Å². The van der Waals surface area contributed by atoms with Crippen molar-refractivity contribution in [2.75, 3.05) is 6.61 Å². The Morgan fingerprint density at radius 1 is 0.920 bits per heavy atom. The van der Waals surface area contributed by atoms with E-state index in [0.29, 0.717) is 0 Å². The van der Waals surface area contributed by atoms with Gasteiger partial charge >= 0.3 is 30.1 Å². The van der Waals surface area contributed by atoms with Gasteiger partial charge in [0.2, 0.25) is 0 Å². The summed E-state index contributed by atoms with van der Waals surface area (Å²) in [5.74, 6) is -11.8. The van der Waals surface area contributed by atoms with E-state index in [1.54, 1.807) is 0 Å². The molecule has 0 aliphatic carbocycles. The largest absolute Gasteiger partial charge is 0.461 e. The maximum atomic E-state index is 14.1. The van der Waals surface area contributed by atoms with Crippen LogP contribution >= 0.6 is 0 Å². The van der Waals surface area contributed by atoms with Crippen LogP contribution in [0.5, 0.6) is 0 Å². The van der Waals surface area contributed by atoms with Crippen LogP contribution in [0.3, 0.4) is 0 Å². The second kappa shape index (κ2) is 7.40. The minimum Gasteiger partial charge on any atom is -0.402 e. The van der Waals surface area contributed by atoms with Crippen LogP contribution in [0.4, 0.5) is 43.9 Å². The van der Waals surface area contributed by atoms with E-state index in [-0.39, 0.29) is 6.08 Å². The molecule has 1 unspecified atom stereocenters. The lowest BCUT2D eigenvalue weighted by Gasteiger charge is -2.37. The third-order valence-electron chi connectivity index (χ3n) is 2.43. The van der Waals surface area contributed by atoms with Gasteiger partial charge in [0, 0.05) is 6.42 Å². The number of rotatable bonds is 11. The number of hydrogen-bond acceptors (Lipinski definition) is 3. The number of ether oxygens (including phenoxy) is 3. The molecule has 3 nitrogen and oxygen atoms in total. The lowest BCUT2D eigenvalue weighted by Crippen LogP contribution is -2.61. The fourth-order valence-electron chi connectivity index (χ4n) is 1.33. The van der Waals surface area contributed by atoms with Crippen LogP contribution < -0.4 is 0 Å². The molecule has 0 rings (SSSR count). The summed E-state index contributed by atoms with van der Waals surface area (Å²) in [6.45, 7) is 4.35. The minimum atomic E-state index is -6.59. The molecule has 0 aliphatic heterocycles. The Balaban J connectivity index is 5.91. The third-order valence-corrected chi connectivity index (χ3v) is 2.43. The van der Waals surface area contributed by atoms with Gasteiger partial charge in [-0.25, -0.2) is 4.39 Å². The normalized spacial score (nSPS) is 16.3. The van der Waals surface area contributed by atoms with E-state index >= 15 is 0 Å². The van der Waals surface area contributed by atoms with Crippen molar-refractivity contribution in [1.29, 1.82) is 0 Å². The number of alkyl halides is 9. The molecule has 0 fully saturated rings. The van der Waals surface area contributed by atoms with Gasteiger partial charge in [0.05, 0.1) is 6.61 Å². The van der Waals surface area contributed by atoms with Gasteiger partial charge < -0.3 is 9.47 Å². The van der Waals surface area contributed by atoms with Gasteiger partial charge in [-0.3, -0.25) is 4.74 Å². The molecule has 0 aromatic rings. The molecule has 0 radical (unpaired) electrons. The molecular weight excluding hydrogens is 382 g/mol. The summed E-state index contributed by atoms with van der Waals surface area (Å²) in [5, 5.41) is 0. The van der Waals surface area contributed by atoms with Crippen LogP contribution in [0, 0.1) is 0 Å². The Bertz CT molecular complexity index is 494. The molecule has 25 heavy (non-hydrogen) atoms. The number of hydrogen-bond donors (Lipinski definition) is 0. The molecule has 0 saturated heterocycles. The summed E-state index contributed by atoms with van der Waals surface area (Å²) in [5.41, 5.74) is 0. The van der Waals surface area contributed by atoms with Gasteiger partial charge in [-0.15, -0.1) is 6.58 Å². The van der Waals surface area contributed by atoms with E-state index in [1.807, 2.05) is 0 Å². The van der Waals surface area contributed by atoms with E-state index in [1.165, 1.54) is 0 Å². The highest BCUT2D eigenvalue weighted by Gasteiger charge is 2.78. The summed E-state index contributed by atoms with van der Waals surface area (Å²) in [4.78, 5) is 0. The fourth-order valence-corrected chi connectivity index (χ4v) is 1.33. The summed E-state index contributed by atoms with van der Waals surface area (Å²) in [6.07, 6.45) is -19.9. The Labute approximate surface area is 134 Å². The number of halogens is 10. The zero-order valence-corrected chi connectivity index (χ0v) is 12.4. The van der Waals surface area contributed by atoms with Crippen LogP contribution in [0.1, 0.15) is 13.3 Å². The Morgan fingerprint density at radius 2 is 1.40 bits per heavy atom. The van der Waals surface area contributed by atoms with Gasteiger partial charge in [0.1, 0.15) is 0 Å². The van der Waals surface area contributed by atoms with Crippen molar-refractivity contribution in [3.05, 3.63) is 25.2 Å². The molecule has 148 valence electrons. The zero-order valence-electron chi connectivity index (χ0n) is 12.4. The third kappa shape index (κ3) is 4.77. The summed E-state index contributed by atoms with van der Waals surface area (Å²) in [6, 6.07) is -2.39. The first-order valence-corrected chi connectivity index (χ1v) is 6.18. The maximum Gasteiger partial charge on any atom is 0.461 e. The Morgan fingerprint density at radius 3 is 1.76 bits per heavy atom. The van der Waals surface area contributed by atoms with Crippen molar-refractivity contribution in [2.45, 2.75) is 43.4 Å². The molecule has 0 amide bonds. The predicted octanol–water partition coefficient (Wildman–Crippen LogP) is 5.15. The van der Waals surface area contributed by atoms with Crippen molar-refractivity contribution in [3.63, 3.8) is 0 Å². The first-order chi connectivity index (χ1) is 11.0. The molecule has 1 atom stereocenters. The average molecular weight is 394 g/mol. The molecule has 0 spiro atoms. The molecule has 0 bridgehead atoms. The molecule has 0 aromatic carbocycles. The van der Waals surface area contributed by atoms with E-state index in [0.717, 1.165) is 6.92 Å². The highest BCUT2D eigenvalue weighted by molar-refractivity contribution is 4.93. The SMILES string of the molecule is C=CCC(F)(OC(F)(F)C(F)(F)C(F)(F)OCC)C(F)(F)OC(=C)F. The average Bonchev–Trinajstić information content (AvgIpc) is 2.35. The monoisotopic (exact) mass is 394 g/mol. The van der Waals surface area contributed by atoms with Crippen LogP contribution in [0.2, 0.25) is 0 Å². The highest BCUT2D eigenvalue weighted by Crippen LogP contribution is 2.51. The predicted molar refractivity (Wildman–Crippen MR) is 62.5 cm³/mol. The van der Waals surface area contributed by atoms with Crippen molar-refractivity contribution >= 4 is 0 Å². The fraction of sp³-hybridized carbons (Fsp3) is 0.667. The first-order valence-electron chi connectivity index (χ1n) is 6.18. The Kier molecular flexibility index (Phi) is 6.95. The zero-order chi connectivity index (χ0) is 20.3. The lowest BCUT2D eigenvalue weighted by atomic mass is 10.2. The van der Waals surface area contributed by atoms with Crippen molar-refractivity contribution in [2.24, 2.45) is 0 Å². The highest BCUT2D eigenvalue weighted by atomic mass is 19.4. The van der Waals surface area contributed by atoms with E-state index in [9.17, 15) is 43.9 Å². The molecule has 13 heteroatoms.